The first-order valence-corrected chi connectivity index (χ1v) is 6.04. The first-order chi connectivity index (χ1) is 6.66. The standard InChI is InChI=1S/C12H17NS/c1-9(2)13-8-11-6-4-10(3)5-7-12(11)14-13/h4-10,12H,1-3H3. The molecule has 0 aromatic carbocycles. The number of hydrogen-bond donors (Lipinski definition) is 0. The molecule has 2 unspecified atom stereocenters. The van der Waals surface area contributed by atoms with Crippen molar-refractivity contribution in [2.75, 3.05) is 0 Å². The van der Waals surface area contributed by atoms with Crippen molar-refractivity contribution in [1.29, 1.82) is 0 Å². The van der Waals surface area contributed by atoms with Crippen molar-refractivity contribution in [3.63, 3.8) is 0 Å². The Morgan fingerprint density at radius 2 is 2.07 bits per heavy atom. The lowest BCUT2D eigenvalue weighted by Gasteiger charge is -2.19. The van der Waals surface area contributed by atoms with Gasteiger partial charge in [-0.15, -0.1) is 0 Å². The minimum absolute atomic E-state index is 0.540. The average Bonchev–Trinajstić information content (AvgIpc) is 2.48. The molecule has 14 heavy (non-hydrogen) atoms. The third kappa shape index (κ3) is 1.90. The molecule has 0 saturated heterocycles. The quantitative estimate of drug-likeness (QED) is 0.479. The summed E-state index contributed by atoms with van der Waals surface area (Å²) in [7, 11) is 0. The van der Waals surface area contributed by atoms with Crippen LogP contribution in [0.15, 0.2) is 36.1 Å². The highest BCUT2D eigenvalue weighted by atomic mass is 32.2. The van der Waals surface area contributed by atoms with Crippen LogP contribution in [-0.4, -0.2) is 15.6 Å². The van der Waals surface area contributed by atoms with Crippen LogP contribution in [0.5, 0.6) is 0 Å². The van der Waals surface area contributed by atoms with E-state index in [-0.39, 0.29) is 0 Å². The summed E-state index contributed by atoms with van der Waals surface area (Å²) >= 11 is 1.92. The summed E-state index contributed by atoms with van der Waals surface area (Å²) in [5, 5.41) is 0.540. The highest BCUT2D eigenvalue weighted by Crippen LogP contribution is 2.36. The number of fused-ring (bicyclic) bond motifs is 1. The van der Waals surface area contributed by atoms with Gasteiger partial charge in [0.2, 0.25) is 0 Å². The Kier molecular flexibility index (Phi) is 2.73. The van der Waals surface area contributed by atoms with Crippen molar-refractivity contribution in [3.05, 3.63) is 36.1 Å². The molecule has 1 aliphatic carbocycles. The second-order valence-electron chi connectivity index (χ2n) is 4.21. The molecule has 2 atom stereocenters. The molecule has 2 aliphatic rings. The van der Waals surface area contributed by atoms with Crippen molar-refractivity contribution in [2.24, 2.45) is 5.92 Å². The number of allylic oxidation sites excluding steroid dienone is 3. The van der Waals surface area contributed by atoms with E-state index < -0.39 is 0 Å². The minimum Gasteiger partial charge on any atom is -0.320 e. The van der Waals surface area contributed by atoms with E-state index in [0.29, 0.717) is 17.2 Å². The normalized spacial score (nSPS) is 30.6. The Labute approximate surface area is 90.7 Å². The van der Waals surface area contributed by atoms with E-state index in [9.17, 15) is 0 Å². The van der Waals surface area contributed by atoms with Gasteiger partial charge in [-0.05, 0) is 37.3 Å². The predicted molar refractivity (Wildman–Crippen MR) is 63.9 cm³/mol. The summed E-state index contributed by atoms with van der Waals surface area (Å²) in [4.78, 5) is 0. The van der Waals surface area contributed by atoms with E-state index >= 15 is 0 Å². The zero-order valence-electron chi connectivity index (χ0n) is 8.97. The molecule has 0 radical (unpaired) electrons. The molecule has 0 aromatic rings. The van der Waals surface area contributed by atoms with E-state index in [4.69, 9.17) is 0 Å². The topological polar surface area (TPSA) is 3.24 Å². The summed E-state index contributed by atoms with van der Waals surface area (Å²) in [6.07, 6.45) is 11.4. The monoisotopic (exact) mass is 207 g/mol. The second-order valence-corrected chi connectivity index (χ2v) is 5.35. The molecule has 0 bridgehead atoms. The molecule has 76 valence electrons. The SMILES string of the molecule is CC1C=CC2=CN(C(C)C)SC2C=C1. The number of nitrogens with zero attached hydrogens (tertiary/aromatic N) is 1. The lowest BCUT2D eigenvalue weighted by molar-refractivity contribution is 0.515. The fourth-order valence-corrected chi connectivity index (χ4v) is 2.71. The first-order valence-electron chi connectivity index (χ1n) is 5.20. The molecule has 0 fully saturated rings. The van der Waals surface area contributed by atoms with Gasteiger partial charge in [-0.25, -0.2) is 0 Å². The molecule has 0 aromatic heterocycles. The van der Waals surface area contributed by atoms with Crippen LogP contribution in [0, 0.1) is 5.92 Å². The highest BCUT2D eigenvalue weighted by molar-refractivity contribution is 7.98. The summed E-state index contributed by atoms with van der Waals surface area (Å²) in [5.74, 6) is 0.578. The summed E-state index contributed by atoms with van der Waals surface area (Å²) in [5.41, 5.74) is 1.43. The number of hydrogen-bond acceptors (Lipinski definition) is 2. The zero-order valence-corrected chi connectivity index (χ0v) is 9.79. The van der Waals surface area contributed by atoms with Gasteiger partial charge < -0.3 is 4.31 Å². The van der Waals surface area contributed by atoms with Gasteiger partial charge in [0, 0.05) is 12.2 Å². The third-order valence-electron chi connectivity index (χ3n) is 2.53. The lowest BCUT2D eigenvalue weighted by Crippen LogP contribution is -2.15. The third-order valence-corrected chi connectivity index (χ3v) is 3.96. The smallest absolute Gasteiger partial charge is 0.0692 e. The Hall–Kier alpha value is -0.630. The summed E-state index contributed by atoms with van der Waals surface area (Å²) < 4.78 is 2.34. The van der Waals surface area contributed by atoms with Crippen LogP contribution in [0.1, 0.15) is 20.8 Å². The molecule has 1 nitrogen and oxygen atoms in total. The van der Waals surface area contributed by atoms with Crippen LogP contribution >= 0.6 is 11.9 Å². The van der Waals surface area contributed by atoms with Crippen molar-refractivity contribution in [2.45, 2.75) is 32.1 Å². The van der Waals surface area contributed by atoms with Gasteiger partial charge in [0.05, 0.1) is 5.25 Å². The van der Waals surface area contributed by atoms with Crippen LogP contribution in [0.3, 0.4) is 0 Å². The van der Waals surface area contributed by atoms with Gasteiger partial charge in [0.1, 0.15) is 0 Å². The Morgan fingerprint density at radius 1 is 1.29 bits per heavy atom. The predicted octanol–water partition coefficient (Wildman–Crippen LogP) is 3.37. The fourth-order valence-electron chi connectivity index (χ4n) is 1.60. The lowest BCUT2D eigenvalue weighted by atomic mass is 10.1. The van der Waals surface area contributed by atoms with Gasteiger partial charge in [-0.2, -0.15) is 0 Å². The van der Waals surface area contributed by atoms with Crippen molar-refractivity contribution in [1.82, 2.24) is 4.31 Å². The Bertz CT molecular complexity index is 301. The maximum absolute atomic E-state index is 2.34. The van der Waals surface area contributed by atoms with E-state index in [2.05, 4.69) is 55.6 Å². The van der Waals surface area contributed by atoms with Crippen LogP contribution in [0.25, 0.3) is 0 Å². The van der Waals surface area contributed by atoms with Gasteiger partial charge in [0.25, 0.3) is 0 Å². The maximum Gasteiger partial charge on any atom is 0.0692 e. The fraction of sp³-hybridized carbons (Fsp3) is 0.500. The summed E-state index contributed by atoms with van der Waals surface area (Å²) in [6.45, 7) is 6.68. The zero-order chi connectivity index (χ0) is 10.1. The highest BCUT2D eigenvalue weighted by Gasteiger charge is 2.24. The van der Waals surface area contributed by atoms with E-state index in [1.807, 2.05) is 11.9 Å². The second kappa shape index (κ2) is 3.85. The Morgan fingerprint density at radius 3 is 2.79 bits per heavy atom. The van der Waals surface area contributed by atoms with Gasteiger partial charge in [0.15, 0.2) is 0 Å². The maximum atomic E-state index is 2.34. The van der Waals surface area contributed by atoms with Gasteiger partial charge in [-0.1, -0.05) is 31.2 Å². The van der Waals surface area contributed by atoms with Crippen molar-refractivity contribution >= 4 is 11.9 Å². The van der Waals surface area contributed by atoms with Crippen molar-refractivity contribution < 1.29 is 0 Å². The molecular weight excluding hydrogens is 190 g/mol. The number of rotatable bonds is 1. The molecule has 1 aliphatic heterocycles. The van der Waals surface area contributed by atoms with Gasteiger partial charge in [-0.3, -0.25) is 0 Å². The van der Waals surface area contributed by atoms with E-state index in [1.54, 1.807) is 0 Å². The Balaban J connectivity index is 2.19. The largest absolute Gasteiger partial charge is 0.320 e. The molecule has 0 amide bonds. The molecule has 0 spiro atoms. The minimum atomic E-state index is 0.540. The molecular formula is C12H17NS. The van der Waals surface area contributed by atoms with Crippen LogP contribution in [0.2, 0.25) is 0 Å². The molecule has 1 heterocycles. The van der Waals surface area contributed by atoms with E-state index in [1.165, 1.54) is 5.57 Å². The summed E-state index contributed by atoms with van der Waals surface area (Å²) in [6, 6.07) is 0.582. The van der Waals surface area contributed by atoms with Crippen LogP contribution < -0.4 is 0 Å². The average molecular weight is 207 g/mol. The van der Waals surface area contributed by atoms with Crippen molar-refractivity contribution in [3.8, 4) is 0 Å². The molecule has 2 rings (SSSR count). The first kappa shape index (κ1) is 9.91. The van der Waals surface area contributed by atoms with Crippen LogP contribution in [0.4, 0.5) is 0 Å². The molecule has 0 saturated carbocycles. The van der Waals surface area contributed by atoms with Gasteiger partial charge >= 0.3 is 0 Å². The molecule has 0 N–H and O–H groups in total. The van der Waals surface area contributed by atoms with Crippen LogP contribution in [-0.2, 0) is 0 Å². The molecule has 2 heteroatoms. The van der Waals surface area contributed by atoms with E-state index in [0.717, 1.165) is 0 Å².